The minimum absolute atomic E-state index is 0.430. The van der Waals surface area contributed by atoms with E-state index in [2.05, 4.69) is 72.8 Å². The Morgan fingerprint density at radius 1 is 1.03 bits per heavy atom. The molecule has 1 aliphatic rings. The average molecular weight is 395 g/mol. The largest absolute Gasteiger partial charge is 0.306 e. The van der Waals surface area contributed by atoms with Crippen LogP contribution in [-0.4, -0.2) is 34.4 Å². The summed E-state index contributed by atoms with van der Waals surface area (Å²) in [5, 5.41) is 10.1. The smallest absolute Gasteiger partial charge is 0.156 e. The van der Waals surface area contributed by atoms with Gasteiger partial charge >= 0.3 is 0 Å². The van der Waals surface area contributed by atoms with Crippen molar-refractivity contribution in [3.8, 4) is 17.2 Å². The molecule has 0 bridgehead atoms. The van der Waals surface area contributed by atoms with Crippen LogP contribution >= 0.6 is 0 Å². The summed E-state index contributed by atoms with van der Waals surface area (Å²) in [6.07, 6.45) is 3.47. The molecule has 2 heterocycles. The van der Waals surface area contributed by atoms with Crippen molar-refractivity contribution in [1.29, 1.82) is 5.26 Å². The quantitative estimate of drug-likeness (QED) is 0.459. The molecule has 2 unspecified atom stereocenters. The van der Waals surface area contributed by atoms with E-state index < -0.39 is 0 Å². The maximum atomic E-state index is 10.1. The summed E-state index contributed by atoms with van der Waals surface area (Å²) in [6.45, 7) is 2.09. The number of benzene rings is 2. The van der Waals surface area contributed by atoms with Crippen LogP contribution in [0.1, 0.15) is 42.0 Å². The van der Waals surface area contributed by atoms with Crippen LogP contribution in [0, 0.1) is 18.3 Å². The molecule has 4 heteroatoms. The number of nitrogens with zero attached hydrogens (tertiary/aromatic N) is 4. The van der Waals surface area contributed by atoms with Gasteiger partial charge in [0, 0.05) is 23.2 Å². The van der Waals surface area contributed by atoms with Gasteiger partial charge in [0.2, 0.25) is 0 Å². The minimum Gasteiger partial charge on any atom is -0.306 e. The number of imidazole rings is 1. The third kappa shape index (κ3) is 2.81. The minimum atomic E-state index is 0.430. The van der Waals surface area contributed by atoms with Crippen LogP contribution in [0.25, 0.3) is 27.8 Å². The van der Waals surface area contributed by atoms with Crippen LogP contribution < -0.4 is 0 Å². The number of aromatic nitrogens is 2. The van der Waals surface area contributed by atoms with Gasteiger partial charge in [-0.2, -0.15) is 5.26 Å². The highest BCUT2D eigenvalue weighted by molar-refractivity contribution is 5.87. The van der Waals surface area contributed by atoms with E-state index in [1.807, 2.05) is 18.2 Å². The molecule has 5 rings (SSSR count). The second kappa shape index (κ2) is 7.27. The van der Waals surface area contributed by atoms with E-state index in [-0.39, 0.29) is 0 Å². The molecule has 0 aliphatic heterocycles. The summed E-state index contributed by atoms with van der Waals surface area (Å²) in [5.41, 5.74) is 8.23. The molecule has 2 aromatic heterocycles. The Morgan fingerprint density at radius 3 is 2.47 bits per heavy atom. The molecule has 0 spiro atoms. The van der Waals surface area contributed by atoms with Crippen LogP contribution in [0.4, 0.5) is 0 Å². The van der Waals surface area contributed by atoms with E-state index in [4.69, 9.17) is 4.98 Å². The summed E-state index contributed by atoms with van der Waals surface area (Å²) in [5.74, 6) is 0.430. The standard InChI is InChI=1S/C26H26N4/c1-17-21(16-27)26-28-22-11-7-8-12-23(22)30(26)25(19-13-14-20(15-19)29(2)3)24(17)18-9-5-4-6-10-18/h4-12,19-20H,13-15H2,1-3H3. The normalized spacial score (nSPS) is 19.0. The third-order valence-electron chi connectivity index (χ3n) is 6.73. The van der Waals surface area contributed by atoms with Gasteiger partial charge in [-0.3, -0.25) is 4.40 Å². The summed E-state index contributed by atoms with van der Waals surface area (Å²) in [4.78, 5) is 7.25. The van der Waals surface area contributed by atoms with Crippen molar-refractivity contribution in [3.05, 3.63) is 71.4 Å². The van der Waals surface area contributed by atoms with Gasteiger partial charge in [-0.1, -0.05) is 42.5 Å². The summed E-state index contributed by atoms with van der Waals surface area (Å²) < 4.78 is 2.28. The van der Waals surface area contributed by atoms with E-state index in [1.54, 1.807) is 0 Å². The fourth-order valence-corrected chi connectivity index (χ4v) is 5.20. The molecule has 150 valence electrons. The summed E-state index contributed by atoms with van der Waals surface area (Å²) in [6, 6.07) is 21.8. The molecule has 0 N–H and O–H groups in total. The van der Waals surface area contributed by atoms with Gasteiger partial charge in [-0.05, 0) is 63.5 Å². The molecule has 1 fully saturated rings. The second-order valence-electron chi connectivity index (χ2n) is 8.63. The zero-order valence-corrected chi connectivity index (χ0v) is 17.8. The molecular formula is C26H26N4. The number of pyridine rings is 1. The van der Waals surface area contributed by atoms with Crippen LogP contribution in [-0.2, 0) is 0 Å². The van der Waals surface area contributed by atoms with Crippen molar-refractivity contribution < 1.29 is 0 Å². The van der Waals surface area contributed by atoms with Crippen molar-refractivity contribution in [3.63, 3.8) is 0 Å². The molecule has 1 aliphatic carbocycles. The Hall–Kier alpha value is -3.16. The van der Waals surface area contributed by atoms with Crippen molar-refractivity contribution in [2.24, 2.45) is 0 Å². The number of hydrogen-bond acceptors (Lipinski definition) is 3. The van der Waals surface area contributed by atoms with E-state index in [9.17, 15) is 5.26 Å². The zero-order chi connectivity index (χ0) is 20.8. The third-order valence-corrected chi connectivity index (χ3v) is 6.73. The maximum absolute atomic E-state index is 10.1. The van der Waals surface area contributed by atoms with Gasteiger partial charge in [0.25, 0.3) is 0 Å². The number of nitriles is 1. The Bertz CT molecular complexity index is 1280. The molecule has 0 amide bonds. The van der Waals surface area contributed by atoms with E-state index in [0.29, 0.717) is 17.5 Å². The summed E-state index contributed by atoms with van der Waals surface area (Å²) >= 11 is 0. The first-order chi connectivity index (χ1) is 14.6. The topological polar surface area (TPSA) is 44.3 Å². The van der Waals surface area contributed by atoms with Crippen LogP contribution in [0.15, 0.2) is 54.6 Å². The van der Waals surface area contributed by atoms with Gasteiger partial charge in [-0.15, -0.1) is 0 Å². The Balaban J connectivity index is 1.91. The maximum Gasteiger partial charge on any atom is 0.156 e. The lowest BCUT2D eigenvalue weighted by atomic mass is 9.89. The molecule has 30 heavy (non-hydrogen) atoms. The number of hydrogen-bond donors (Lipinski definition) is 0. The van der Waals surface area contributed by atoms with Crippen molar-refractivity contribution in [2.45, 2.75) is 38.1 Å². The predicted molar refractivity (Wildman–Crippen MR) is 122 cm³/mol. The molecular weight excluding hydrogens is 368 g/mol. The van der Waals surface area contributed by atoms with Gasteiger partial charge in [-0.25, -0.2) is 4.98 Å². The van der Waals surface area contributed by atoms with Crippen LogP contribution in [0.2, 0.25) is 0 Å². The van der Waals surface area contributed by atoms with Crippen LogP contribution in [0.5, 0.6) is 0 Å². The van der Waals surface area contributed by atoms with Crippen molar-refractivity contribution in [1.82, 2.24) is 14.3 Å². The van der Waals surface area contributed by atoms with E-state index >= 15 is 0 Å². The van der Waals surface area contributed by atoms with Gasteiger partial charge in [0.1, 0.15) is 6.07 Å². The second-order valence-corrected chi connectivity index (χ2v) is 8.63. The number of fused-ring (bicyclic) bond motifs is 3. The molecule has 4 aromatic rings. The van der Waals surface area contributed by atoms with Gasteiger partial charge < -0.3 is 4.90 Å². The first-order valence-electron chi connectivity index (χ1n) is 10.7. The molecule has 2 atom stereocenters. The van der Waals surface area contributed by atoms with Gasteiger partial charge in [0.15, 0.2) is 5.65 Å². The molecule has 4 nitrogen and oxygen atoms in total. The Kier molecular flexibility index (Phi) is 4.56. The first-order valence-corrected chi connectivity index (χ1v) is 10.7. The van der Waals surface area contributed by atoms with Crippen molar-refractivity contribution in [2.75, 3.05) is 14.1 Å². The molecule has 0 saturated heterocycles. The Labute approximate surface area is 177 Å². The fourth-order valence-electron chi connectivity index (χ4n) is 5.20. The lowest BCUT2D eigenvalue weighted by Gasteiger charge is -2.23. The first kappa shape index (κ1) is 18.8. The SMILES string of the molecule is Cc1c(-c2ccccc2)c(C2CCC(N(C)C)C2)n2c(nc3ccccc32)c1C#N. The highest BCUT2D eigenvalue weighted by Gasteiger charge is 2.33. The predicted octanol–water partition coefficient (Wildman–Crippen LogP) is 5.53. The fraction of sp³-hybridized carbons (Fsp3) is 0.308. The lowest BCUT2D eigenvalue weighted by Crippen LogP contribution is -2.24. The lowest BCUT2D eigenvalue weighted by molar-refractivity contribution is 0.296. The monoisotopic (exact) mass is 394 g/mol. The summed E-state index contributed by atoms with van der Waals surface area (Å²) in [7, 11) is 4.36. The number of rotatable bonds is 3. The highest BCUT2D eigenvalue weighted by Crippen LogP contribution is 2.44. The molecule has 2 aromatic carbocycles. The highest BCUT2D eigenvalue weighted by atomic mass is 15.1. The molecule has 0 radical (unpaired) electrons. The van der Waals surface area contributed by atoms with E-state index in [1.165, 1.54) is 23.2 Å². The average Bonchev–Trinajstić information content (AvgIpc) is 3.39. The number of para-hydroxylation sites is 2. The molecule has 1 saturated carbocycles. The van der Waals surface area contributed by atoms with Crippen LogP contribution in [0.3, 0.4) is 0 Å². The zero-order valence-electron chi connectivity index (χ0n) is 17.8. The van der Waals surface area contributed by atoms with E-state index in [0.717, 1.165) is 35.1 Å². The Morgan fingerprint density at radius 2 is 1.77 bits per heavy atom. The van der Waals surface area contributed by atoms with Crippen molar-refractivity contribution >= 4 is 16.7 Å². The van der Waals surface area contributed by atoms with Gasteiger partial charge in [0.05, 0.1) is 16.6 Å².